The Morgan fingerprint density at radius 3 is 2.50 bits per heavy atom. The lowest BCUT2D eigenvalue weighted by Gasteiger charge is -2.19. The molecule has 0 aliphatic heterocycles. The molecule has 0 radical (unpaired) electrons. The number of nitrogens with zero attached hydrogens (tertiary/aromatic N) is 1. The third kappa shape index (κ3) is 3.52. The zero-order valence-corrected chi connectivity index (χ0v) is 13.0. The van der Waals surface area contributed by atoms with Crippen LogP contribution in [-0.2, 0) is 0 Å². The molecule has 0 aliphatic carbocycles. The van der Waals surface area contributed by atoms with Gasteiger partial charge in [-0.1, -0.05) is 17.7 Å². The quantitative estimate of drug-likeness (QED) is 0.828. The Kier molecular flexibility index (Phi) is 5.04. The molecule has 106 valence electrons. The largest absolute Gasteiger partial charge is 0.383 e. The van der Waals surface area contributed by atoms with Crippen molar-refractivity contribution in [3.8, 4) is 0 Å². The van der Waals surface area contributed by atoms with Crippen LogP contribution in [0.5, 0.6) is 0 Å². The number of hydrogen-bond acceptors (Lipinski definition) is 4. The second-order valence-corrected chi connectivity index (χ2v) is 5.99. The molecule has 1 unspecified atom stereocenters. The van der Waals surface area contributed by atoms with E-state index >= 15 is 0 Å². The number of benzene rings is 1. The van der Waals surface area contributed by atoms with Crippen LogP contribution in [0.1, 0.15) is 22.7 Å². The molecule has 1 aromatic carbocycles. The summed E-state index contributed by atoms with van der Waals surface area (Å²) in [7, 11) is 1.96. The van der Waals surface area contributed by atoms with Gasteiger partial charge in [0.25, 0.3) is 0 Å². The monoisotopic (exact) mass is 287 g/mol. The summed E-state index contributed by atoms with van der Waals surface area (Å²) < 4.78 is 0. The fraction of sp³-hybridized carbons (Fsp3) is 0.312. The Balaban J connectivity index is 2.11. The summed E-state index contributed by atoms with van der Waals surface area (Å²) in [5, 5.41) is 3.34. The molecular weight excluding hydrogens is 266 g/mol. The van der Waals surface area contributed by atoms with E-state index in [1.807, 2.05) is 24.9 Å². The van der Waals surface area contributed by atoms with Gasteiger partial charge in [-0.2, -0.15) is 0 Å². The minimum absolute atomic E-state index is 0.204. The highest BCUT2D eigenvalue weighted by atomic mass is 32.2. The lowest BCUT2D eigenvalue weighted by atomic mass is 10.0. The molecule has 2 aromatic rings. The predicted octanol–water partition coefficient (Wildman–Crippen LogP) is 3.33. The van der Waals surface area contributed by atoms with E-state index in [9.17, 15) is 0 Å². The Morgan fingerprint density at radius 1 is 1.20 bits per heavy atom. The molecule has 1 atom stereocenters. The van der Waals surface area contributed by atoms with Gasteiger partial charge in [-0.3, -0.25) is 0 Å². The number of aromatic nitrogens is 1. The molecule has 0 bridgehead atoms. The first-order valence-electron chi connectivity index (χ1n) is 6.69. The van der Waals surface area contributed by atoms with Crippen molar-refractivity contribution < 1.29 is 0 Å². The fourth-order valence-electron chi connectivity index (χ4n) is 2.17. The van der Waals surface area contributed by atoms with Crippen molar-refractivity contribution in [3.05, 3.63) is 53.2 Å². The van der Waals surface area contributed by atoms with Gasteiger partial charge in [0.1, 0.15) is 5.82 Å². The number of rotatable bonds is 5. The SMILES string of the molecule is CNC(CSc1ccc(C)cc1)c1c(C)ccnc1N. The maximum absolute atomic E-state index is 6.03. The molecule has 2 rings (SSSR count). The van der Waals surface area contributed by atoms with Crippen LogP contribution in [0.4, 0.5) is 5.82 Å². The van der Waals surface area contributed by atoms with E-state index < -0.39 is 0 Å². The second-order valence-electron chi connectivity index (χ2n) is 4.89. The lowest BCUT2D eigenvalue weighted by Crippen LogP contribution is -2.21. The first-order chi connectivity index (χ1) is 9.61. The van der Waals surface area contributed by atoms with Crippen molar-refractivity contribution in [2.45, 2.75) is 24.8 Å². The summed E-state index contributed by atoms with van der Waals surface area (Å²) >= 11 is 1.83. The van der Waals surface area contributed by atoms with Gasteiger partial charge in [0.2, 0.25) is 0 Å². The number of pyridine rings is 1. The number of nitrogen functional groups attached to an aromatic ring is 1. The molecule has 1 aromatic heterocycles. The molecule has 1 heterocycles. The van der Waals surface area contributed by atoms with Crippen LogP contribution in [0.15, 0.2) is 41.4 Å². The zero-order chi connectivity index (χ0) is 14.5. The molecule has 0 saturated carbocycles. The topological polar surface area (TPSA) is 50.9 Å². The van der Waals surface area contributed by atoms with E-state index in [-0.39, 0.29) is 6.04 Å². The number of nitrogens with two attached hydrogens (primary N) is 1. The summed E-state index contributed by atoms with van der Waals surface area (Å²) in [5.41, 5.74) is 9.60. The highest BCUT2D eigenvalue weighted by Crippen LogP contribution is 2.28. The van der Waals surface area contributed by atoms with E-state index in [1.54, 1.807) is 6.20 Å². The summed E-state index contributed by atoms with van der Waals surface area (Å²) in [6, 6.07) is 10.8. The van der Waals surface area contributed by atoms with Crippen LogP contribution in [0, 0.1) is 13.8 Å². The molecule has 0 aliphatic rings. The Labute approximate surface area is 125 Å². The van der Waals surface area contributed by atoms with Gasteiger partial charge >= 0.3 is 0 Å². The molecule has 3 N–H and O–H groups in total. The van der Waals surface area contributed by atoms with Crippen LogP contribution < -0.4 is 11.1 Å². The maximum Gasteiger partial charge on any atom is 0.128 e. The smallest absolute Gasteiger partial charge is 0.128 e. The summed E-state index contributed by atoms with van der Waals surface area (Å²) in [6.45, 7) is 4.18. The molecule has 4 heteroatoms. The van der Waals surface area contributed by atoms with E-state index in [2.05, 4.69) is 48.4 Å². The van der Waals surface area contributed by atoms with Crippen LogP contribution in [-0.4, -0.2) is 17.8 Å². The lowest BCUT2D eigenvalue weighted by molar-refractivity contribution is 0.657. The number of hydrogen-bond donors (Lipinski definition) is 2. The van der Waals surface area contributed by atoms with E-state index in [0.717, 1.165) is 11.3 Å². The number of anilines is 1. The summed E-state index contributed by atoms with van der Waals surface area (Å²) in [6.07, 6.45) is 1.76. The molecule has 0 amide bonds. The normalized spacial score (nSPS) is 12.3. The van der Waals surface area contributed by atoms with Gasteiger partial charge in [0.15, 0.2) is 0 Å². The number of thioether (sulfide) groups is 1. The second kappa shape index (κ2) is 6.77. The van der Waals surface area contributed by atoms with E-state index in [4.69, 9.17) is 5.73 Å². The average molecular weight is 287 g/mol. The van der Waals surface area contributed by atoms with Crippen molar-refractivity contribution in [1.82, 2.24) is 10.3 Å². The molecule has 3 nitrogen and oxygen atoms in total. The third-order valence-electron chi connectivity index (χ3n) is 3.37. The van der Waals surface area contributed by atoms with E-state index in [0.29, 0.717) is 5.82 Å². The molecule has 20 heavy (non-hydrogen) atoms. The Hall–Kier alpha value is -1.52. The fourth-order valence-corrected chi connectivity index (χ4v) is 3.19. The molecular formula is C16H21N3S. The minimum Gasteiger partial charge on any atom is -0.383 e. The molecule has 0 fully saturated rings. The summed E-state index contributed by atoms with van der Waals surface area (Å²) in [5.74, 6) is 1.55. The van der Waals surface area contributed by atoms with Crippen molar-refractivity contribution in [2.75, 3.05) is 18.5 Å². The molecule has 0 saturated heterocycles. The van der Waals surface area contributed by atoms with Gasteiger partial charge in [-0.25, -0.2) is 4.98 Å². The van der Waals surface area contributed by atoms with E-state index in [1.165, 1.54) is 16.0 Å². The first-order valence-corrected chi connectivity index (χ1v) is 7.68. The Morgan fingerprint density at radius 2 is 1.90 bits per heavy atom. The highest BCUT2D eigenvalue weighted by molar-refractivity contribution is 7.99. The van der Waals surface area contributed by atoms with Crippen LogP contribution >= 0.6 is 11.8 Å². The number of aryl methyl sites for hydroxylation is 2. The standard InChI is InChI=1S/C16H21N3S/c1-11-4-6-13(7-5-11)20-10-14(18-3)15-12(2)8-9-19-16(15)17/h4-9,14,18H,10H2,1-3H3,(H2,17,19). The van der Waals surface area contributed by atoms with Crippen molar-refractivity contribution >= 4 is 17.6 Å². The van der Waals surface area contributed by atoms with Gasteiger partial charge in [0.05, 0.1) is 0 Å². The van der Waals surface area contributed by atoms with Gasteiger partial charge in [0, 0.05) is 28.5 Å². The van der Waals surface area contributed by atoms with Crippen LogP contribution in [0.3, 0.4) is 0 Å². The van der Waals surface area contributed by atoms with Crippen LogP contribution in [0.2, 0.25) is 0 Å². The van der Waals surface area contributed by atoms with Gasteiger partial charge in [-0.15, -0.1) is 11.8 Å². The average Bonchev–Trinajstić information content (AvgIpc) is 2.44. The Bertz CT molecular complexity index is 546. The highest BCUT2D eigenvalue weighted by Gasteiger charge is 2.16. The van der Waals surface area contributed by atoms with Crippen molar-refractivity contribution in [1.29, 1.82) is 0 Å². The van der Waals surface area contributed by atoms with Crippen molar-refractivity contribution in [2.24, 2.45) is 0 Å². The van der Waals surface area contributed by atoms with Crippen molar-refractivity contribution in [3.63, 3.8) is 0 Å². The maximum atomic E-state index is 6.03. The number of nitrogens with one attached hydrogen (secondary N) is 1. The van der Waals surface area contributed by atoms with Crippen LogP contribution in [0.25, 0.3) is 0 Å². The third-order valence-corrected chi connectivity index (χ3v) is 4.48. The van der Waals surface area contributed by atoms with Gasteiger partial charge < -0.3 is 11.1 Å². The molecule has 0 spiro atoms. The predicted molar refractivity (Wildman–Crippen MR) is 87.1 cm³/mol. The summed E-state index contributed by atoms with van der Waals surface area (Å²) in [4.78, 5) is 5.48. The first kappa shape index (κ1) is 14.9. The minimum atomic E-state index is 0.204. The van der Waals surface area contributed by atoms with Gasteiger partial charge in [-0.05, 0) is 44.7 Å². The zero-order valence-electron chi connectivity index (χ0n) is 12.2.